The first-order valence-corrected chi connectivity index (χ1v) is 8.41. The summed E-state index contributed by atoms with van der Waals surface area (Å²) in [5, 5.41) is 15.1. The molecule has 1 aromatic heterocycles. The lowest BCUT2D eigenvalue weighted by atomic mass is 10.1. The van der Waals surface area contributed by atoms with Crippen LogP contribution in [0.2, 0.25) is 0 Å². The van der Waals surface area contributed by atoms with E-state index >= 15 is 0 Å². The summed E-state index contributed by atoms with van der Waals surface area (Å²) in [6.07, 6.45) is -2.70. The van der Waals surface area contributed by atoms with Crippen LogP contribution >= 0.6 is 0 Å². The highest BCUT2D eigenvalue weighted by Crippen LogP contribution is 2.34. The number of nitrogens with one attached hydrogen (secondary N) is 1. The second-order valence-corrected chi connectivity index (χ2v) is 6.11. The van der Waals surface area contributed by atoms with Crippen LogP contribution in [0.1, 0.15) is 47.8 Å². The Morgan fingerprint density at radius 3 is 2.52 bits per heavy atom. The number of carbonyl (C=O) groups excluding carboxylic acids is 1. The smallest absolute Gasteiger partial charge is 0.434 e. The van der Waals surface area contributed by atoms with Gasteiger partial charge < -0.3 is 10.4 Å². The molecule has 146 valence electrons. The lowest BCUT2D eigenvalue weighted by Gasteiger charge is -2.16. The highest BCUT2D eigenvalue weighted by Gasteiger charge is 2.41. The molecule has 2 N–H and O–H groups in total. The van der Waals surface area contributed by atoms with E-state index < -0.39 is 35.4 Å². The van der Waals surface area contributed by atoms with E-state index in [0.29, 0.717) is 23.1 Å². The van der Waals surface area contributed by atoms with Gasteiger partial charge >= 0.3 is 12.1 Å². The number of para-hydroxylation sites is 1. The Labute approximate surface area is 154 Å². The van der Waals surface area contributed by atoms with E-state index in [1.54, 1.807) is 25.1 Å². The van der Waals surface area contributed by atoms with Gasteiger partial charge in [-0.15, -0.1) is 0 Å². The zero-order chi connectivity index (χ0) is 20.2. The number of hydrogen-bond donors (Lipinski definition) is 2. The van der Waals surface area contributed by atoms with E-state index in [4.69, 9.17) is 0 Å². The molecule has 0 saturated carbocycles. The van der Waals surface area contributed by atoms with Crippen molar-refractivity contribution in [2.24, 2.45) is 0 Å². The summed E-state index contributed by atoms with van der Waals surface area (Å²) in [5.74, 6) is -2.41. The normalized spacial score (nSPS) is 12.6. The molecule has 0 aliphatic carbocycles. The third kappa shape index (κ3) is 4.66. The van der Waals surface area contributed by atoms with Gasteiger partial charge in [-0.05, 0) is 25.0 Å². The first kappa shape index (κ1) is 20.5. The minimum Gasteiger partial charge on any atom is -0.480 e. The molecule has 0 bridgehead atoms. The molecule has 0 aliphatic rings. The number of aryl methyl sites for hydroxylation is 1. The maximum atomic E-state index is 13.7. The largest absolute Gasteiger partial charge is 0.480 e. The molecule has 1 unspecified atom stereocenters. The van der Waals surface area contributed by atoms with Crippen LogP contribution in [0, 0.1) is 6.92 Å². The number of aromatic nitrogens is 2. The summed E-state index contributed by atoms with van der Waals surface area (Å²) >= 11 is 0. The lowest BCUT2D eigenvalue weighted by molar-refractivity contribution is -0.143. The van der Waals surface area contributed by atoms with Crippen molar-refractivity contribution in [1.29, 1.82) is 0 Å². The number of rotatable bonds is 7. The number of hydrogen-bond acceptors (Lipinski definition) is 3. The fourth-order valence-electron chi connectivity index (χ4n) is 2.67. The second-order valence-electron chi connectivity index (χ2n) is 6.11. The number of carboxylic acids is 1. The molecule has 27 heavy (non-hydrogen) atoms. The quantitative estimate of drug-likeness (QED) is 0.766. The SMILES string of the molecule is CCCCC(NC(=O)c1cnn(-c2ccccc2C)c1C(F)(F)F)C(=O)O. The molecular formula is C18H20F3N3O3. The molecule has 0 spiro atoms. The molecule has 0 aliphatic heterocycles. The van der Waals surface area contributed by atoms with Gasteiger partial charge in [0.25, 0.3) is 5.91 Å². The van der Waals surface area contributed by atoms with Gasteiger partial charge in [0.15, 0.2) is 5.69 Å². The third-order valence-electron chi connectivity index (χ3n) is 4.08. The second kappa shape index (κ2) is 8.24. The van der Waals surface area contributed by atoms with Gasteiger partial charge in [0.05, 0.1) is 17.4 Å². The average molecular weight is 383 g/mol. The number of alkyl halides is 3. The molecule has 6 nitrogen and oxygen atoms in total. The summed E-state index contributed by atoms with van der Waals surface area (Å²) in [6, 6.07) is 5.06. The van der Waals surface area contributed by atoms with Crippen LogP contribution in [-0.4, -0.2) is 32.8 Å². The van der Waals surface area contributed by atoms with Crippen molar-refractivity contribution in [3.8, 4) is 5.69 Å². The van der Waals surface area contributed by atoms with Crippen molar-refractivity contribution in [2.45, 2.75) is 45.3 Å². The first-order chi connectivity index (χ1) is 12.7. The standard InChI is InChI=1S/C18H20F3N3O3/c1-3-4-8-13(17(26)27)23-16(25)12-10-22-24(15(12)18(19,20)21)14-9-6-5-7-11(14)2/h5-7,9-10,13H,3-4,8H2,1-2H3,(H,23,25)(H,26,27). The van der Waals surface area contributed by atoms with Crippen LogP contribution in [-0.2, 0) is 11.0 Å². The molecule has 2 aromatic rings. The summed E-state index contributed by atoms with van der Waals surface area (Å²) in [5.41, 5.74) is -1.23. The Morgan fingerprint density at radius 2 is 1.96 bits per heavy atom. The Morgan fingerprint density at radius 1 is 1.30 bits per heavy atom. The van der Waals surface area contributed by atoms with E-state index in [1.165, 1.54) is 6.07 Å². The Bertz CT molecular complexity index is 831. The maximum Gasteiger partial charge on any atom is 0.434 e. The molecule has 1 heterocycles. The molecule has 1 aromatic carbocycles. The average Bonchev–Trinajstić information content (AvgIpc) is 3.04. The minimum absolute atomic E-state index is 0.130. The summed E-state index contributed by atoms with van der Waals surface area (Å²) < 4.78 is 41.6. The van der Waals surface area contributed by atoms with Crippen LogP contribution in [0.5, 0.6) is 0 Å². The van der Waals surface area contributed by atoms with Crippen LogP contribution in [0.25, 0.3) is 5.69 Å². The van der Waals surface area contributed by atoms with Crippen molar-refractivity contribution in [3.05, 3.63) is 47.3 Å². The molecule has 0 radical (unpaired) electrons. The topological polar surface area (TPSA) is 84.2 Å². The van der Waals surface area contributed by atoms with Crippen molar-refractivity contribution in [1.82, 2.24) is 15.1 Å². The van der Waals surface area contributed by atoms with Gasteiger partial charge in [-0.1, -0.05) is 38.0 Å². The third-order valence-corrected chi connectivity index (χ3v) is 4.08. The van der Waals surface area contributed by atoms with Crippen molar-refractivity contribution in [2.75, 3.05) is 0 Å². The summed E-state index contributed by atoms with van der Waals surface area (Å²) in [6.45, 7) is 3.47. The van der Waals surface area contributed by atoms with E-state index in [0.717, 1.165) is 6.20 Å². The van der Waals surface area contributed by atoms with Gasteiger partial charge in [-0.25, -0.2) is 9.48 Å². The predicted octanol–water partition coefficient (Wildman–Crippen LogP) is 3.57. The first-order valence-electron chi connectivity index (χ1n) is 8.41. The Hall–Kier alpha value is -2.84. The monoisotopic (exact) mass is 383 g/mol. The van der Waals surface area contributed by atoms with E-state index in [-0.39, 0.29) is 12.1 Å². The van der Waals surface area contributed by atoms with E-state index in [9.17, 15) is 27.9 Å². The van der Waals surface area contributed by atoms with Gasteiger partial charge in [0.2, 0.25) is 0 Å². The Balaban J connectivity index is 2.44. The number of amides is 1. The molecule has 1 amide bonds. The molecule has 0 saturated heterocycles. The van der Waals surface area contributed by atoms with Crippen molar-refractivity contribution in [3.63, 3.8) is 0 Å². The lowest BCUT2D eigenvalue weighted by Crippen LogP contribution is -2.41. The number of aliphatic carboxylic acids is 1. The summed E-state index contributed by atoms with van der Waals surface area (Å²) in [7, 11) is 0. The van der Waals surface area contributed by atoms with Crippen LogP contribution in [0.3, 0.4) is 0 Å². The number of carboxylic acid groups (broad SMARTS) is 1. The minimum atomic E-state index is -4.85. The number of unbranched alkanes of at least 4 members (excludes halogenated alkanes) is 1. The number of carbonyl (C=O) groups is 2. The highest BCUT2D eigenvalue weighted by atomic mass is 19.4. The number of halogens is 3. The molecule has 2 rings (SSSR count). The van der Waals surface area contributed by atoms with Crippen LogP contribution in [0.4, 0.5) is 13.2 Å². The van der Waals surface area contributed by atoms with E-state index in [1.807, 2.05) is 6.92 Å². The van der Waals surface area contributed by atoms with Gasteiger partial charge in [-0.3, -0.25) is 4.79 Å². The van der Waals surface area contributed by atoms with E-state index in [2.05, 4.69) is 10.4 Å². The molecule has 1 atom stereocenters. The maximum absolute atomic E-state index is 13.7. The molecule has 9 heteroatoms. The fraction of sp³-hybridized carbons (Fsp3) is 0.389. The van der Waals surface area contributed by atoms with Gasteiger partial charge in [-0.2, -0.15) is 18.3 Å². The van der Waals surface area contributed by atoms with Crippen LogP contribution in [0.15, 0.2) is 30.5 Å². The molecule has 0 fully saturated rings. The van der Waals surface area contributed by atoms with Crippen molar-refractivity contribution < 1.29 is 27.9 Å². The highest BCUT2D eigenvalue weighted by molar-refractivity contribution is 5.97. The fourth-order valence-corrected chi connectivity index (χ4v) is 2.67. The van der Waals surface area contributed by atoms with Crippen LogP contribution < -0.4 is 5.32 Å². The number of benzene rings is 1. The van der Waals surface area contributed by atoms with Gasteiger partial charge in [0, 0.05) is 0 Å². The zero-order valence-electron chi connectivity index (χ0n) is 14.9. The van der Waals surface area contributed by atoms with Crippen molar-refractivity contribution >= 4 is 11.9 Å². The zero-order valence-corrected chi connectivity index (χ0v) is 14.9. The summed E-state index contributed by atoms with van der Waals surface area (Å²) in [4.78, 5) is 23.7. The predicted molar refractivity (Wildman–Crippen MR) is 91.7 cm³/mol. The van der Waals surface area contributed by atoms with Gasteiger partial charge in [0.1, 0.15) is 6.04 Å². The number of nitrogens with zero attached hydrogens (tertiary/aromatic N) is 2. The molecular weight excluding hydrogens is 363 g/mol. The Kier molecular flexibility index (Phi) is 6.24.